The molecule has 4 rings (SSSR count). The molecule has 2 aromatic heterocycles. The molecular formula is C16H13F2N5OS. The summed E-state index contributed by atoms with van der Waals surface area (Å²) in [6.45, 7) is 0. The quantitative estimate of drug-likeness (QED) is 0.607. The van der Waals surface area contributed by atoms with Crippen LogP contribution in [0.1, 0.15) is 16.9 Å². The number of nitrogens with zero attached hydrogens (tertiary/aromatic N) is 2. The van der Waals surface area contributed by atoms with Crippen LogP contribution in [0.2, 0.25) is 0 Å². The average molecular weight is 361 g/mol. The number of anilines is 3. The first-order valence-corrected chi connectivity index (χ1v) is 8.43. The highest BCUT2D eigenvalue weighted by Crippen LogP contribution is 2.39. The van der Waals surface area contributed by atoms with Crippen molar-refractivity contribution in [1.82, 2.24) is 9.97 Å². The van der Waals surface area contributed by atoms with Gasteiger partial charge in [-0.2, -0.15) is 0 Å². The number of hydrogen-bond acceptors (Lipinski definition) is 5. The van der Waals surface area contributed by atoms with Crippen LogP contribution in [0.5, 0.6) is 0 Å². The molecule has 2 amide bonds. The van der Waals surface area contributed by atoms with Crippen LogP contribution in [0.25, 0.3) is 10.2 Å². The van der Waals surface area contributed by atoms with Crippen LogP contribution in [0, 0.1) is 11.6 Å². The Labute approximate surface area is 145 Å². The van der Waals surface area contributed by atoms with Crippen LogP contribution < -0.4 is 16.4 Å². The fourth-order valence-corrected chi connectivity index (χ4v) is 4.19. The number of carbonyl (C=O) groups is 1. The Morgan fingerprint density at radius 1 is 1.20 bits per heavy atom. The highest BCUT2D eigenvalue weighted by molar-refractivity contribution is 7.19. The molecule has 6 nitrogen and oxygen atoms in total. The van der Waals surface area contributed by atoms with Crippen LogP contribution in [-0.4, -0.2) is 16.0 Å². The van der Waals surface area contributed by atoms with Crippen molar-refractivity contribution in [2.24, 2.45) is 0 Å². The zero-order valence-corrected chi connectivity index (χ0v) is 13.7. The van der Waals surface area contributed by atoms with E-state index in [0.29, 0.717) is 5.82 Å². The summed E-state index contributed by atoms with van der Waals surface area (Å²) in [6.07, 6.45) is 4.29. The van der Waals surface area contributed by atoms with Crippen molar-refractivity contribution in [2.75, 3.05) is 16.4 Å². The van der Waals surface area contributed by atoms with Crippen molar-refractivity contribution >= 4 is 44.8 Å². The second kappa shape index (κ2) is 5.92. The van der Waals surface area contributed by atoms with E-state index in [9.17, 15) is 13.6 Å². The third-order valence-electron chi connectivity index (χ3n) is 4.09. The van der Waals surface area contributed by atoms with E-state index in [1.165, 1.54) is 11.2 Å². The van der Waals surface area contributed by atoms with Gasteiger partial charge < -0.3 is 11.1 Å². The lowest BCUT2D eigenvalue weighted by atomic mass is 10.2. The number of aromatic nitrogens is 2. The van der Waals surface area contributed by atoms with Gasteiger partial charge in [-0.1, -0.05) is 0 Å². The fraction of sp³-hybridized carbons (Fsp3) is 0.188. The molecule has 0 bridgehead atoms. The molecule has 4 N–H and O–H groups in total. The molecule has 25 heavy (non-hydrogen) atoms. The first-order chi connectivity index (χ1) is 12.0. The molecule has 1 aliphatic carbocycles. The van der Waals surface area contributed by atoms with Gasteiger partial charge in [0.05, 0.1) is 11.1 Å². The molecular weight excluding hydrogens is 348 g/mol. The van der Waals surface area contributed by atoms with E-state index < -0.39 is 23.4 Å². The summed E-state index contributed by atoms with van der Waals surface area (Å²) in [5, 5.41) is 5.50. The highest BCUT2D eigenvalue weighted by Gasteiger charge is 2.22. The molecule has 2 heterocycles. The maximum atomic E-state index is 13.9. The van der Waals surface area contributed by atoms with Gasteiger partial charge in [0.2, 0.25) is 0 Å². The number of halogens is 2. The predicted molar refractivity (Wildman–Crippen MR) is 92.9 cm³/mol. The van der Waals surface area contributed by atoms with Gasteiger partial charge in [-0.15, -0.1) is 11.3 Å². The van der Waals surface area contributed by atoms with Crippen LogP contribution in [0.4, 0.5) is 30.8 Å². The molecule has 1 aliphatic rings. The SMILES string of the molecule is Nc1ccc(F)c(NC(=O)Nc2ncnc3sc4c(c23)CCC4)c1F. The number of fused-ring (bicyclic) bond motifs is 3. The van der Waals surface area contributed by atoms with Crippen molar-refractivity contribution in [3.63, 3.8) is 0 Å². The molecule has 0 saturated heterocycles. The minimum atomic E-state index is -1.01. The summed E-state index contributed by atoms with van der Waals surface area (Å²) in [4.78, 5) is 22.6. The Bertz CT molecular complexity index is 1000. The van der Waals surface area contributed by atoms with Crippen LogP contribution in [-0.2, 0) is 12.8 Å². The predicted octanol–water partition coefficient (Wildman–Crippen LogP) is 3.68. The van der Waals surface area contributed by atoms with Crippen molar-refractivity contribution < 1.29 is 13.6 Å². The lowest BCUT2D eigenvalue weighted by Crippen LogP contribution is -2.22. The Kier molecular flexibility index (Phi) is 3.72. The zero-order chi connectivity index (χ0) is 17.6. The van der Waals surface area contributed by atoms with Crippen molar-refractivity contribution in [1.29, 1.82) is 0 Å². The van der Waals surface area contributed by atoms with Gasteiger partial charge in [-0.3, -0.25) is 5.32 Å². The molecule has 0 unspecified atom stereocenters. The minimum absolute atomic E-state index is 0.253. The molecule has 0 aliphatic heterocycles. The standard InChI is InChI=1S/C16H13F2N5OS/c17-8-4-5-9(19)12(18)13(8)22-16(24)23-14-11-7-2-1-3-10(7)25-15(11)21-6-20-14/h4-6H,1-3,19H2,(H2,20,21,22,23,24). The number of aryl methyl sites for hydroxylation is 2. The number of urea groups is 1. The first kappa shape index (κ1) is 15.7. The fourth-order valence-electron chi connectivity index (χ4n) is 2.96. The van der Waals surface area contributed by atoms with Gasteiger partial charge in [0, 0.05) is 4.88 Å². The number of amides is 2. The van der Waals surface area contributed by atoms with E-state index in [0.717, 1.165) is 47.2 Å². The summed E-state index contributed by atoms with van der Waals surface area (Å²) in [5.41, 5.74) is 5.69. The number of rotatable bonds is 2. The highest BCUT2D eigenvalue weighted by atomic mass is 32.1. The number of nitrogens with one attached hydrogen (secondary N) is 2. The summed E-state index contributed by atoms with van der Waals surface area (Å²) in [6, 6.07) is 1.28. The molecule has 9 heteroatoms. The normalized spacial score (nSPS) is 13.0. The van der Waals surface area contributed by atoms with Gasteiger partial charge in [0.15, 0.2) is 5.82 Å². The smallest absolute Gasteiger partial charge is 0.325 e. The van der Waals surface area contributed by atoms with E-state index in [-0.39, 0.29) is 5.69 Å². The number of carbonyl (C=O) groups excluding carboxylic acids is 1. The van der Waals surface area contributed by atoms with Crippen molar-refractivity contribution in [2.45, 2.75) is 19.3 Å². The molecule has 0 radical (unpaired) electrons. The van der Waals surface area contributed by atoms with Crippen molar-refractivity contribution in [3.8, 4) is 0 Å². The molecule has 0 saturated carbocycles. The number of nitrogens with two attached hydrogens (primary N) is 1. The Morgan fingerprint density at radius 2 is 2.04 bits per heavy atom. The van der Waals surface area contributed by atoms with Gasteiger partial charge >= 0.3 is 6.03 Å². The first-order valence-electron chi connectivity index (χ1n) is 7.61. The monoisotopic (exact) mass is 361 g/mol. The lowest BCUT2D eigenvalue weighted by Gasteiger charge is -2.11. The maximum Gasteiger partial charge on any atom is 0.325 e. The Balaban J connectivity index is 1.64. The molecule has 3 aromatic rings. The maximum absolute atomic E-state index is 13.9. The zero-order valence-electron chi connectivity index (χ0n) is 12.9. The van der Waals surface area contributed by atoms with E-state index in [1.807, 2.05) is 0 Å². The van der Waals surface area contributed by atoms with Crippen molar-refractivity contribution in [3.05, 3.63) is 40.5 Å². The number of benzene rings is 1. The topological polar surface area (TPSA) is 92.9 Å². The Morgan fingerprint density at radius 3 is 2.88 bits per heavy atom. The van der Waals surface area contributed by atoms with E-state index in [1.54, 1.807) is 11.3 Å². The third-order valence-corrected chi connectivity index (χ3v) is 5.29. The number of hydrogen-bond donors (Lipinski definition) is 3. The largest absolute Gasteiger partial charge is 0.396 e. The molecule has 0 atom stereocenters. The van der Waals surface area contributed by atoms with Gasteiger partial charge in [0.25, 0.3) is 0 Å². The van der Waals surface area contributed by atoms with Gasteiger partial charge in [-0.05, 0) is 37.0 Å². The second-order valence-corrected chi connectivity index (χ2v) is 6.75. The molecule has 0 spiro atoms. The molecule has 1 aromatic carbocycles. The molecule has 0 fully saturated rings. The summed E-state index contributed by atoms with van der Waals surface area (Å²) >= 11 is 1.58. The van der Waals surface area contributed by atoms with Crippen LogP contribution >= 0.6 is 11.3 Å². The van der Waals surface area contributed by atoms with Crippen LogP contribution in [0.15, 0.2) is 18.5 Å². The third kappa shape index (κ3) is 2.66. The summed E-state index contributed by atoms with van der Waals surface area (Å²) in [5.74, 6) is -1.60. The summed E-state index contributed by atoms with van der Waals surface area (Å²) < 4.78 is 27.7. The minimum Gasteiger partial charge on any atom is -0.396 e. The lowest BCUT2D eigenvalue weighted by molar-refractivity contribution is 0.262. The van der Waals surface area contributed by atoms with Gasteiger partial charge in [-0.25, -0.2) is 23.5 Å². The van der Waals surface area contributed by atoms with Crippen LogP contribution in [0.3, 0.4) is 0 Å². The average Bonchev–Trinajstić information content (AvgIpc) is 3.16. The number of thiophene rings is 1. The van der Waals surface area contributed by atoms with E-state index in [4.69, 9.17) is 5.73 Å². The van der Waals surface area contributed by atoms with Gasteiger partial charge in [0.1, 0.15) is 28.5 Å². The number of nitrogen functional groups attached to an aromatic ring is 1. The van der Waals surface area contributed by atoms with E-state index >= 15 is 0 Å². The molecule has 128 valence electrons. The summed E-state index contributed by atoms with van der Waals surface area (Å²) in [7, 11) is 0. The van der Waals surface area contributed by atoms with E-state index in [2.05, 4.69) is 20.6 Å². The Hall–Kier alpha value is -2.81. The second-order valence-electron chi connectivity index (χ2n) is 5.66.